The predicted octanol–water partition coefficient (Wildman–Crippen LogP) is 0.597. The zero-order valence-electron chi connectivity index (χ0n) is 12.2. The van der Waals surface area contributed by atoms with Crippen LogP contribution in [0.5, 0.6) is 0 Å². The van der Waals surface area contributed by atoms with E-state index in [4.69, 9.17) is 16.3 Å². The Labute approximate surface area is 129 Å². The van der Waals surface area contributed by atoms with Gasteiger partial charge in [-0.2, -0.15) is 10.5 Å². The Hall–Kier alpha value is -2.64. The zero-order valence-corrected chi connectivity index (χ0v) is 12.2. The number of rotatable bonds is 5. The maximum Gasteiger partial charge on any atom is 0.240 e. The van der Waals surface area contributed by atoms with E-state index >= 15 is 0 Å². The molecule has 1 saturated heterocycles. The highest BCUT2D eigenvalue weighted by molar-refractivity contribution is 5.82. The molecule has 1 fully saturated rings. The van der Waals surface area contributed by atoms with Gasteiger partial charge in [-0.1, -0.05) is 0 Å². The highest BCUT2D eigenvalue weighted by Gasteiger charge is 2.31. The Morgan fingerprint density at radius 1 is 1.59 bits per heavy atom. The van der Waals surface area contributed by atoms with E-state index < -0.39 is 6.04 Å². The molecule has 2 heterocycles. The third kappa shape index (κ3) is 3.51. The SMILES string of the molecule is N#Cc1cccnc1NCCC(N)C(=O)N1CCCC1C#N. The highest BCUT2D eigenvalue weighted by Crippen LogP contribution is 2.17. The zero-order chi connectivity index (χ0) is 15.9. The number of pyridine rings is 1. The van der Waals surface area contributed by atoms with Crippen LogP contribution in [0.25, 0.3) is 0 Å². The van der Waals surface area contributed by atoms with Gasteiger partial charge < -0.3 is 16.0 Å². The predicted molar refractivity (Wildman–Crippen MR) is 80.4 cm³/mol. The number of anilines is 1. The van der Waals surface area contributed by atoms with Gasteiger partial charge in [-0.15, -0.1) is 0 Å². The van der Waals surface area contributed by atoms with Crippen molar-refractivity contribution in [1.29, 1.82) is 10.5 Å². The third-order valence-electron chi connectivity index (χ3n) is 3.68. The van der Waals surface area contributed by atoms with Crippen molar-refractivity contribution in [2.24, 2.45) is 5.73 Å². The molecule has 1 aromatic heterocycles. The van der Waals surface area contributed by atoms with Gasteiger partial charge >= 0.3 is 0 Å². The van der Waals surface area contributed by atoms with Gasteiger partial charge in [-0.25, -0.2) is 4.98 Å². The second-order valence-electron chi connectivity index (χ2n) is 5.15. The molecule has 0 spiro atoms. The molecule has 0 aliphatic carbocycles. The summed E-state index contributed by atoms with van der Waals surface area (Å²) in [4.78, 5) is 17.9. The van der Waals surface area contributed by atoms with Gasteiger partial charge in [-0.3, -0.25) is 4.79 Å². The molecule has 3 N–H and O–H groups in total. The number of aromatic nitrogens is 1. The van der Waals surface area contributed by atoms with E-state index in [1.54, 1.807) is 23.2 Å². The summed E-state index contributed by atoms with van der Waals surface area (Å²) in [6.07, 6.45) is 3.56. The summed E-state index contributed by atoms with van der Waals surface area (Å²) in [6.45, 7) is 1.03. The Kier molecular flexibility index (Phi) is 5.29. The molecule has 2 rings (SSSR count). The van der Waals surface area contributed by atoms with E-state index in [2.05, 4.69) is 16.4 Å². The van der Waals surface area contributed by atoms with Crippen LogP contribution in [0.15, 0.2) is 18.3 Å². The first-order valence-electron chi connectivity index (χ1n) is 7.22. The van der Waals surface area contributed by atoms with E-state index in [1.807, 2.05) is 6.07 Å². The van der Waals surface area contributed by atoms with Crippen molar-refractivity contribution in [3.8, 4) is 12.1 Å². The summed E-state index contributed by atoms with van der Waals surface area (Å²) in [6, 6.07) is 6.53. The first-order chi connectivity index (χ1) is 10.7. The quantitative estimate of drug-likeness (QED) is 0.821. The average Bonchev–Trinajstić information content (AvgIpc) is 3.03. The molecule has 0 radical (unpaired) electrons. The number of hydrogen-bond acceptors (Lipinski definition) is 6. The molecule has 7 nitrogen and oxygen atoms in total. The second-order valence-corrected chi connectivity index (χ2v) is 5.15. The number of nitriles is 2. The molecule has 1 aliphatic heterocycles. The Bertz CT molecular complexity index is 617. The minimum absolute atomic E-state index is 0.188. The maximum atomic E-state index is 12.2. The number of amides is 1. The van der Waals surface area contributed by atoms with E-state index in [1.165, 1.54) is 0 Å². The van der Waals surface area contributed by atoms with Crippen LogP contribution in [0, 0.1) is 22.7 Å². The van der Waals surface area contributed by atoms with Crippen LogP contribution in [0.1, 0.15) is 24.8 Å². The van der Waals surface area contributed by atoms with Crippen molar-refractivity contribution in [2.75, 3.05) is 18.4 Å². The lowest BCUT2D eigenvalue weighted by molar-refractivity contribution is -0.132. The van der Waals surface area contributed by atoms with Crippen molar-refractivity contribution in [1.82, 2.24) is 9.88 Å². The largest absolute Gasteiger partial charge is 0.369 e. The van der Waals surface area contributed by atoms with Gasteiger partial charge in [-0.05, 0) is 31.4 Å². The lowest BCUT2D eigenvalue weighted by atomic mass is 10.1. The van der Waals surface area contributed by atoms with Gasteiger partial charge in [0.05, 0.1) is 17.7 Å². The summed E-state index contributed by atoms with van der Waals surface area (Å²) in [5, 5.41) is 21.0. The first-order valence-corrected chi connectivity index (χ1v) is 7.22. The lowest BCUT2D eigenvalue weighted by Gasteiger charge is -2.23. The van der Waals surface area contributed by atoms with Crippen molar-refractivity contribution in [3.63, 3.8) is 0 Å². The fourth-order valence-corrected chi connectivity index (χ4v) is 2.48. The Morgan fingerprint density at radius 2 is 2.41 bits per heavy atom. The number of hydrogen-bond donors (Lipinski definition) is 2. The monoisotopic (exact) mass is 298 g/mol. The minimum Gasteiger partial charge on any atom is -0.369 e. The Morgan fingerprint density at radius 3 is 3.14 bits per heavy atom. The van der Waals surface area contributed by atoms with Crippen LogP contribution in [-0.2, 0) is 4.79 Å². The normalized spacial score (nSPS) is 18.3. The summed E-state index contributed by atoms with van der Waals surface area (Å²) in [7, 11) is 0. The highest BCUT2D eigenvalue weighted by atomic mass is 16.2. The summed E-state index contributed by atoms with van der Waals surface area (Å²) >= 11 is 0. The molecule has 0 saturated carbocycles. The lowest BCUT2D eigenvalue weighted by Crippen LogP contribution is -2.46. The second kappa shape index (κ2) is 7.39. The van der Waals surface area contributed by atoms with Gasteiger partial charge in [0.1, 0.15) is 17.9 Å². The van der Waals surface area contributed by atoms with Crippen molar-refractivity contribution in [2.45, 2.75) is 31.3 Å². The van der Waals surface area contributed by atoms with E-state index in [0.717, 1.165) is 6.42 Å². The number of likely N-dealkylation sites (tertiary alicyclic amines) is 1. The number of carbonyl (C=O) groups excluding carboxylic acids is 1. The number of nitrogens with two attached hydrogens (primary N) is 1. The van der Waals surface area contributed by atoms with Gasteiger partial charge in [0.25, 0.3) is 0 Å². The van der Waals surface area contributed by atoms with Crippen LogP contribution >= 0.6 is 0 Å². The fraction of sp³-hybridized carbons (Fsp3) is 0.467. The standard InChI is InChI=1S/C15H18N6O/c16-9-11-3-1-6-19-14(11)20-7-5-13(18)15(22)21-8-2-4-12(21)10-17/h1,3,6,12-13H,2,4-5,7-8,18H2,(H,19,20). The molecule has 2 unspecified atom stereocenters. The summed E-state index contributed by atoms with van der Waals surface area (Å²) < 4.78 is 0. The van der Waals surface area contributed by atoms with Gasteiger partial charge in [0.15, 0.2) is 0 Å². The molecule has 1 aromatic rings. The van der Waals surface area contributed by atoms with Crippen molar-refractivity contribution >= 4 is 11.7 Å². The number of nitrogens with one attached hydrogen (secondary N) is 1. The minimum atomic E-state index is -0.657. The third-order valence-corrected chi connectivity index (χ3v) is 3.68. The van der Waals surface area contributed by atoms with Crippen molar-refractivity contribution < 1.29 is 4.79 Å². The molecule has 22 heavy (non-hydrogen) atoms. The molecule has 0 bridgehead atoms. The molecule has 114 valence electrons. The van der Waals surface area contributed by atoms with Crippen LogP contribution in [0.4, 0.5) is 5.82 Å². The number of nitrogens with zero attached hydrogens (tertiary/aromatic N) is 4. The number of carbonyl (C=O) groups is 1. The molecule has 2 atom stereocenters. The molecule has 7 heteroatoms. The fourth-order valence-electron chi connectivity index (χ4n) is 2.48. The molecular weight excluding hydrogens is 280 g/mol. The maximum absolute atomic E-state index is 12.2. The van der Waals surface area contributed by atoms with E-state index in [-0.39, 0.29) is 11.9 Å². The van der Waals surface area contributed by atoms with Crippen molar-refractivity contribution in [3.05, 3.63) is 23.9 Å². The van der Waals surface area contributed by atoms with Crippen LogP contribution < -0.4 is 11.1 Å². The smallest absolute Gasteiger partial charge is 0.240 e. The molecule has 0 aromatic carbocycles. The van der Waals surface area contributed by atoms with Gasteiger partial charge in [0.2, 0.25) is 5.91 Å². The van der Waals surface area contributed by atoms with Crippen LogP contribution in [-0.4, -0.2) is 41.0 Å². The van der Waals surface area contributed by atoms with Crippen LogP contribution in [0.3, 0.4) is 0 Å². The average molecular weight is 298 g/mol. The summed E-state index contributed by atoms with van der Waals surface area (Å²) in [5.74, 6) is 0.299. The molecule has 1 aliphatic rings. The molecule has 1 amide bonds. The van der Waals surface area contributed by atoms with E-state index in [9.17, 15) is 4.79 Å². The van der Waals surface area contributed by atoms with E-state index in [0.29, 0.717) is 37.3 Å². The molecular formula is C15H18N6O. The topological polar surface area (TPSA) is 119 Å². The Balaban J connectivity index is 1.85. The first kappa shape index (κ1) is 15.7. The van der Waals surface area contributed by atoms with Gasteiger partial charge in [0, 0.05) is 19.3 Å². The summed E-state index contributed by atoms with van der Waals surface area (Å²) in [5.41, 5.74) is 6.37. The van der Waals surface area contributed by atoms with Crippen LogP contribution in [0.2, 0.25) is 0 Å².